The van der Waals surface area contributed by atoms with Crippen molar-refractivity contribution in [3.05, 3.63) is 0 Å². The zero-order valence-corrected chi connectivity index (χ0v) is 14.4. The molecule has 2 fully saturated rings. The lowest BCUT2D eigenvalue weighted by molar-refractivity contribution is 0.216. The Morgan fingerprint density at radius 2 is 1.81 bits per heavy atom. The second-order valence-electron chi connectivity index (χ2n) is 6.51. The van der Waals surface area contributed by atoms with Crippen LogP contribution in [0.1, 0.15) is 52.4 Å². The van der Waals surface area contributed by atoms with Gasteiger partial charge in [-0.15, -0.1) is 0 Å². The molecule has 2 aliphatic heterocycles. The molecule has 1 unspecified atom stereocenters. The summed E-state index contributed by atoms with van der Waals surface area (Å²) in [5.41, 5.74) is 0. The Labute approximate surface area is 130 Å². The van der Waals surface area contributed by atoms with Crippen molar-refractivity contribution in [1.29, 1.82) is 0 Å². The van der Waals surface area contributed by atoms with Crippen molar-refractivity contribution in [1.82, 2.24) is 13.9 Å². The molecule has 0 amide bonds. The lowest BCUT2D eigenvalue weighted by atomic mass is 9.98. The minimum absolute atomic E-state index is 0.160. The van der Waals surface area contributed by atoms with E-state index in [1.54, 1.807) is 8.61 Å². The number of nitrogens with zero attached hydrogens (tertiary/aromatic N) is 2. The van der Waals surface area contributed by atoms with E-state index in [4.69, 9.17) is 0 Å². The van der Waals surface area contributed by atoms with Crippen LogP contribution in [0.25, 0.3) is 0 Å². The molecule has 5 nitrogen and oxygen atoms in total. The van der Waals surface area contributed by atoms with Gasteiger partial charge in [0, 0.05) is 25.7 Å². The van der Waals surface area contributed by atoms with Crippen molar-refractivity contribution in [3.63, 3.8) is 0 Å². The van der Waals surface area contributed by atoms with Gasteiger partial charge in [-0.1, -0.05) is 13.3 Å². The summed E-state index contributed by atoms with van der Waals surface area (Å²) in [7, 11) is -3.24. The first kappa shape index (κ1) is 17.2. The molecular formula is C15H31N3O2S. The van der Waals surface area contributed by atoms with Gasteiger partial charge in [0.25, 0.3) is 10.2 Å². The number of hydrogen-bond acceptors (Lipinski definition) is 3. The first-order valence-electron chi connectivity index (χ1n) is 8.53. The normalized spacial score (nSPS) is 27.0. The molecule has 2 saturated heterocycles. The van der Waals surface area contributed by atoms with E-state index in [2.05, 4.69) is 12.2 Å². The van der Waals surface area contributed by atoms with Gasteiger partial charge in [-0.2, -0.15) is 17.0 Å². The van der Waals surface area contributed by atoms with E-state index in [0.717, 1.165) is 51.6 Å². The van der Waals surface area contributed by atoms with E-state index in [-0.39, 0.29) is 6.04 Å². The first-order valence-corrected chi connectivity index (χ1v) is 9.93. The van der Waals surface area contributed by atoms with Crippen molar-refractivity contribution in [2.75, 3.05) is 32.7 Å². The lowest BCUT2D eigenvalue weighted by Crippen LogP contribution is -2.52. The molecule has 2 heterocycles. The van der Waals surface area contributed by atoms with Gasteiger partial charge in [0.1, 0.15) is 0 Å². The molecule has 0 bridgehead atoms. The predicted octanol–water partition coefficient (Wildman–Crippen LogP) is 1.82. The van der Waals surface area contributed by atoms with Gasteiger partial charge in [0.2, 0.25) is 0 Å². The third-order valence-electron chi connectivity index (χ3n) is 4.80. The van der Waals surface area contributed by atoms with Gasteiger partial charge >= 0.3 is 0 Å². The molecule has 21 heavy (non-hydrogen) atoms. The maximum Gasteiger partial charge on any atom is 0.282 e. The molecular weight excluding hydrogens is 286 g/mol. The van der Waals surface area contributed by atoms with E-state index in [0.29, 0.717) is 25.6 Å². The highest BCUT2D eigenvalue weighted by Crippen LogP contribution is 2.26. The largest absolute Gasteiger partial charge is 0.316 e. The van der Waals surface area contributed by atoms with Crippen LogP contribution in [-0.2, 0) is 10.2 Å². The van der Waals surface area contributed by atoms with Crippen LogP contribution >= 0.6 is 0 Å². The van der Waals surface area contributed by atoms with Gasteiger partial charge in [0.15, 0.2) is 0 Å². The molecule has 6 heteroatoms. The summed E-state index contributed by atoms with van der Waals surface area (Å²) in [4.78, 5) is 0. The quantitative estimate of drug-likeness (QED) is 0.760. The van der Waals surface area contributed by atoms with Gasteiger partial charge in [-0.25, -0.2) is 0 Å². The fourth-order valence-corrected chi connectivity index (χ4v) is 5.28. The molecule has 0 aromatic heterocycles. The van der Waals surface area contributed by atoms with Gasteiger partial charge in [-0.05, 0) is 58.0 Å². The summed E-state index contributed by atoms with van der Waals surface area (Å²) in [6.07, 6.45) is 6.27. The van der Waals surface area contributed by atoms with Gasteiger partial charge in [0.05, 0.1) is 0 Å². The van der Waals surface area contributed by atoms with Gasteiger partial charge < -0.3 is 5.32 Å². The summed E-state index contributed by atoms with van der Waals surface area (Å²) < 4.78 is 29.0. The van der Waals surface area contributed by atoms with E-state index in [9.17, 15) is 8.42 Å². The Balaban J connectivity index is 1.85. The minimum Gasteiger partial charge on any atom is -0.316 e. The van der Waals surface area contributed by atoms with Gasteiger partial charge in [-0.3, -0.25) is 0 Å². The summed E-state index contributed by atoms with van der Waals surface area (Å²) in [5.74, 6) is 0.627. The number of hydrogen-bond donors (Lipinski definition) is 1. The highest BCUT2D eigenvalue weighted by molar-refractivity contribution is 7.86. The maximum absolute atomic E-state index is 12.8. The Hall–Kier alpha value is -0.170. The van der Waals surface area contributed by atoms with Crippen LogP contribution in [-0.4, -0.2) is 55.8 Å². The second-order valence-corrected chi connectivity index (χ2v) is 8.39. The third kappa shape index (κ3) is 4.41. The van der Waals surface area contributed by atoms with Crippen molar-refractivity contribution >= 4 is 10.2 Å². The van der Waals surface area contributed by atoms with E-state index in [1.165, 1.54) is 0 Å². The Morgan fingerprint density at radius 3 is 2.43 bits per heavy atom. The van der Waals surface area contributed by atoms with Crippen molar-refractivity contribution < 1.29 is 8.42 Å². The van der Waals surface area contributed by atoms with Crippen molar-refractivity contribution in [3.8, 4) is 0 Å². The summed E-state index contributed by atoms with van der Waals surface area (Å²) >= 11 is 0. The van der Waals surface area contributed by atoms with E-state index < -0.39 is 10.2 Å². The maximum atomic E-state index is 12.8. The number of rotatable bonds is 6. The zero-order valence-electron chi connectivity index (χ0n) is 13.6. The SMILES string of the molecule is CCCNCC1CCN(S(=O)(=O)N2CCCCC2C)CC1. The second kappa shape index (κ2) is 7.90. The van der Waals surface area contributed by atoms with Crippen LogP contribution < -0.4 is 5.32 Å². The fraction of sp³-hybridized carbons (Fsp3) is 1.00. The highest BCUT2D eigenvalue weighted by atomic mass is 32.2. The van der Waals surface area contributed by atoms with Crippen LogP contribution in [0.15, 0.2) is 0 Å². The topological polar surface area (TPSA) is 52.7 Å². The monoisotopic (exact) mass is 317 g/mol. The molecule has 2 rings (SSSR count). The molecule has 1 N–H and O–H groups in total. The molecule has 0 radical (unpaired) electrons. The zero-order chi connectivity index (χ0) is 15.3. The Kier molecular flexibility index (Phi) is 6.47. The summed E-state index contributed by atoms with van der Waals surface area (Å²) in [6.45, 7) is 8.36. The fourth-order valence-electron chi connectivity index (χ4n) is 3.39. The van der Waals surface area contributed by atoms with Crippen molar-refractivity contribution in [2.24, 2.45) is 5.92 Å². The third-order valence-corrected chi connectivity index (χ3v) is 6.95. The minimum atomic E-state index is -3.24. The first-order chi connectivity index (χ1) is 10.1. The van der Waals surface area contributed by atoms with Crippen LogP contribution in [0.2, 0.25) is 0 Å². The van der Waals surface area contributed by atoms with E-state index in [1.807, 2.05) is 6.92 Å². The smallest absolute Gasteiger partial charge is 0.282 e. The molecule has 0 spiro atoms. The average molecular weight is 317 g/mol. The average Bonchev–Trinajstić information content (AvgIpc) is 2.48. The number of piperidine rings is 2. The predicted molar refractivity (Wildman–Crippen MR) is 86.4 cm³/mol. The number of nitrogens with one attached hydrogen (secondary N) is 1. The molecule has 124 valence electrons. The Morgan fingerprint density at radius 1 is 1.10 bits per heavy atom. The molecule has 1 atom stereocenters. The lowest BCUT2D eigenvalue weighted by Gasteiger charge is -2.39. The molecule has 0 saturated carbocycles. The van der Waals surface area contributed by atoms with Crippen LogP contribution in [0.3, 0.4) is 0 Å². The van der Waals surface area contributed by atoms with Crippen LogP contribution in [0.4, 0.5) is 0 Å². The molecule has 0 aromatic carbocycles. The standard InChI is InChI=1S/C15H31N3O2S/c1-3-9-16-13-15-7-11-17(12-8-15)21(19,20)18-10-5-4-6-14(18)2/h14-16H,3-13H2,1-2H3. The van der Waals surface area contributed by atoms with Crippen molar-refractivity contribution in [2.45, 2.75) is 58.4 Å². The Bertz CT molecular complexity index is 405. The molecule has 0 aromatic rings. The summed E-state index contributed by atoms with van der Waals surface area (Å²) in [6, 6.07) is 0.160. The highest BCUT2D eigenvalue weighted by Gasteiger charge is 2.36. The van der Waals surface area contributed by atoms with Crippen LogP contribution in [0.5, 0.6) is 0 Å². The van der Waals surface area contributed by atoms with E-state index >= 15 is 0 Å². The molecule has 0 aliphatic carbocycles. The van der Waals surface area contributed by atoms with Crippen LogP contribution in [0, 0.1) is 5.92 Å². The summed E-state index contributed by atoms with van der Waals surface area (Å²) in [5, 5.41) is 3.45. The molecule has 2 aliphatic rings.